The highest BCUT2D eigenvalue weighted by Crippen LogP contribution is 2.41. The monoisotopic (exact) mass is 404 g/mol. The molecule has 0 unspecified atom stereocenters. The number of aryl methyl sites for hydroxylation is 1. The fraction of sp³-hybridized carbons (Fsp3) is 0.393. The first-order chi connectivity index (χ1) is 14.2. The standard InChI is InChI=1S/C28H36O2/c1-7-30-27(29)20-22(3)10-8-12-24(25-15-13-21(2)14-16-25)17-18-26-23(4)11-9-19-28(26,5)6/h8,10,12-18,20H,7,9,11,19H2,1-6H3/b10-8+,18-17+,22-20+,24-12-. The molecule has 30 heavy (non-hydrogen) atoms. The SMILES string of the molecule is CCOC(=O)/C=C(C)/C=C/C=C(/C=C/C1=C(C)CCCC1(C)C)c1ccc(C)cc1. The molecule has 2 heteroatoms. The summed E-state index contributed by atoms with van der Waals surface area (Å²) in [5.74, 6) is -0.302. The molecular formula is C28H36O2. The molecule has 0 bridgehead atoms. The molecule has 0 fully saturated rings. The van der Waals surface area contributed by atoms with Crippen LogP contribution in [0.25, 0.3) is 5.57 Å². The summed E-state index contributed by atoms with van der Waals surface area (Å²) < 4.78 is 4.97. The Morgan fingerprint density at radius 1 is 1.13 bits per heavy atom. The molecule has 1 aliphatic carbocycles. The number of carbonyl (C=O) groups excluding carboxylic acids is 1. The van der Waals surface area contributed by atoms with E-state index in [0.717, 1.165) is 11.1 Å². The van der Waals surface area contributed by atoms with Gasteiger partial charge >= 0.3 is 5.97 Å². The van der Waals surface area contributed by atoms with Gasteiger partial charge in [-0.3, -0.25) is 0 Å². The second-order valence-electron chi connectivity index (χ2n) is 8.75. The first-order valence-electron chi connectivity index (χ1n) is 10.9. The average Bonchev–Trinajstić information content (AvgIpc) is 2.66. The van der Waals surface area contributed by atoms with Crippen molar-refractivity contribution in [2.24, 2.45) is 5.41 Å². The lowest BCUT2D eigenvalue weighted by molar-refractivity contribution is -0.137. The van der Waals surface area contributed by atoms with Crippen molar-refractivity contribution >= 4 is 11.5 Å². The highest BCUT2D eigenvalue weighted by atomic mass is 16.5. The van der Waals surface area contributed by atoms with E-state index in [1.807, 2.05) is 26.0 Å². The fourth-order valence-electron chi connectivity index (χ4n) is 3.90. The summed E-state index contributed by atoms with van der Waals surface area (Å²) in [5.41, 5.74) is 7.61. The van der Waals surface area contributed by atoms with Crippen molar-refractivity contribution in [3.63, 3.8) is 0 Å². The van der Waals surface area contributed by atoms with Crippen molar-refractivity contribution in [3.05, 3.63) is 88.6 Å². The normalized spacial score (nSPS) is 17.8. The van der Waals surface area contributed by atoms with Crippen LogP contribution in [0, 0.1) is 12.3 Å². The minimum atomic E-state index is -0.302. The number of benzene rings is 1. The van der Waals surface area contributed by atoms with Gasteiger partial charge in [-0.25, -0.2) is 4.79 Å². The summed E-state index contributed by atoms with van der Waals surface area (Å²) in [6.45, 7) is 13.2. The molecule has 2 nitrogen and oxygen atoms in total. The molecular weight excluding hydrogens is 368 g/mol. The lowest BCUT2D eigenvalue weighted by Crippen LogP contribution is -2.19. The Morgan fingerprint density at radius 3 is 2.47 bits per heavy atom. The first-order valence-corrected chi connectivity index (χ1v) is 10.9. The van der Waals surface area contributed by atoms with Gasteiger partial charge in [0.15, 0.2) is 0 Å². The molecule has 1 aromatic rings. The highest BCUT2D eigenvalue weighted by molar-refractivity contribution is 5.83. The summed E-state index contributed by atoms with van der Waals surface area (Å²) in [5, 5.41) is 0. The Morgan fingerprint density at radius 2 is 1.83 bits per heavy atom. The van der Waals surface area contributed by atoms with E-state index in [2.05, 4.69) is 70.2 Å². The van der Waals surface area contributed by atoms with E-state index in [0.29, 0.717) is 6.61 Å². The quantitative estimate of drug-likeness (QED) is 0.267. The Bertz CT molecular complexity index is 887. The summed E-state index contributed by atoms with van der Waals surface area (Å²) in [6.07, 6.45) is 15.8. The van der Waals surface area contributed by atoms with Crippen LogP contribution in [0.2, 0.25) is 0 Å². The highest BCUT2D eigenvalue weighted by Gasteiger charge is 2.26. The molecule has 2 rings (SSSR count). The number of rotatable bonds is 7. The van der Waals surface area contributed by atoms with Gasteiger partial charge in [0.25, 0.3) is 0 Å². The van der Waals surface area contributed by atoms with Crippen molar-refractivity contribution in [1.29, 1.82) is 0 Å². The van der Waals surface area contributed by atoms with Gasteiger partial charge in [0.1, 0.15) is 0 Å². The van der Waals surface area contributed by atoms with Gasteiger partial charge in [-0.1, -0.05) is 79.6 Å². The first kappa shape index (κ1) is 23.7. The van der Waals surface area contributed by atoms with Crippen molar-refractivity contribution in [1.82, 2.24) is 0 Å². The van der Waals surface area contributed by atoms with Gasteiger partial charge < -0.3 is 4.74 Å². The summed E-state index contributed by atoms with van der Waals surface area (Å²) in [4.78, 5) is 11.6. The molecule has 0 amide bonds. The Balaban J connectivity index is 2.34. The van der Waals surface area contributed by atoms with E-state index in [1.54, 1.807) is 0 Å². The van der Waals surface area contributed by atoms with Crippen LogP contribution in [0.15, 0.2) is 77.4 Å². The smallest absolute Gasteiger partial charge is 0.330 e. The van der Waals surface area contributed by atoms with Crippen LogP contribution in [-0.2, 0) is 9.53 Å². The van der Waals surface area contributed by atoms with E-state index in [9.17, 15) is 4.79 Å². The second kappa shape index (κ2) is 11.0. The summed E-state index contributed by atoms with van der Waals surface area (Å²) in [7, 11) is 0. The molecule has 1 aromatic carbocycles. The predicted molar refractivity (Wildman–Crippen MR) is 128 cm³/mol. The van der Waals surface area contributed by atoms with Crippen molar-refractivity contribution in [3.8, 4) is 0 Å². The van der Waals surface area contributed by atoms with Gasteiger partial charge in [0.05, 0.1) is 6.61 Å². The van der Waals surface area contributed by atoms with E-state index in [-0.39, 0.29) is 11.4 Å². The maximum absolute atomic E-state index is 11.6. The summed E-state index contributed by atoms with van der Waals surface area (Å²) >= 11 is 0. The van der Waals surface area contributed by atoms with Crippen molar-refractivity contribution in [2.45, 2.75) is 60.8 Å². The lowest BCUT2D eigenvalue weighted by Gasteiger charge is -2.33. The third kappa shape index (κ3) is 7.02. The molecule has 0 saturated carbocycles. The zero-order valence-electron chi connectivity index (χ0n) is 19.4. The van der Waals surface area contributed by atoms with Crippen LogP contribution in [0.5, 0.6) is 0 Å². The maximum Gasteiger partial charge on any atom is 0.330 e. The molecule has 0 atom stereocenters. The molecule has 0 saturated heterocycles. The van der Waals surface area contributed by atoms with E-state index in [4.69, 9.17) is 4.74 Å². The topological polar surface area (TPSA) is 26.3 Å². The zero-order chi connectivity index (χ0) is 22.1. The van der Waals surface area contributed by atoms with Crippen LogP contribution in [-0.4, -0.2) is 12.6 Å². The number of esters is 1. The molecule has 0 heterocycles. The number of carbonyl (C=O) groups is 1. The van der Waals surface area contributed by atoms with E-state index in [1.165, 1.54) is 47.6 Å². The molecule has 1 aliphatic rings. The summed E-state index contributed by atoms with van der Waals surface area (Å²) in [6, 6.07) is 8.60. The Kier molecular flexibility index (Phi) is 8.65. The van der Waals surface area contributed by atoms with Gasteiger partial charge in [0.2, 0.25) is 0 Å². The lowest BCUT2D eigenvalue weighted by atomic mass is 9.72. The number of ether oxygens (including phenoxy) is 1. The number of hydrogen-bond donors (Lipinski definition) is 0. The molecule has 0 N–H and O–H groups in total. The van der Waals surface area contributed by atoms with Crippen LogP contribution in [0.3, 0.4) is 0 Å². The van der Waals surface area contributed by atoms with Crippen LogP contribution in [0.1, 0.15) is 65.0 Å². The van der Waals surface area contributed by atoms with E-state index >= 15 is 0 Å². The van der Waals surface area contributed by atoms with Crippen LogP contribution in [0.4, 0.5) is 0 Å². The second-order valence-corrected chi connectivity index (χ2v) is 8.75. The Hall–Kier alpha value is -2.61. The fourth-order valence-corrected chi connectivity index (χ4v) is 3.90. The number of hydrogen-bond acceptors (Lipinski definition) is 2. The molecule has 0 spiro atoms. The Labute approximate surface area is 182 Å². The van der Waals surface area contributed by atoms with Crippen molar-refractivity contribution < 1.29 is 9.53 Å². The third-order valence-corrected chi connectivity index (χ3v) is 5.62. The minimum absolute atomic E-state index is 0.214. The maximum atomic E-state index is 11.6. The van der Waals surface area contributed by atoms with Gasteiger partial charge in [-0.05, 0) is 74.7 Å². The third-order valence-electron chi connectivity index (χ3n) is 5.62. The minimum Gasteiger partial charge on any atom is -0.463 e. The van der Waals surface area contributed by atoms with Crippen molar-refractivity contribution in [2.75, 3.05) is 6.61 Å². The largest absolute Gasteiger partial charge is 0.463 e. The van der Waals surface area contributed by atoms with Crippen LogP contribution < -0.4 is 0 Å². The molecule has 160 valence electrons. The molecule has 0 radical (unpaired) electrons. The van der Waals surface area contributed by atoms with Gasteiger partial charge in [-0.2, -0.15) is 0 Å². The molecule has 0 aromatic heterocycles. The van der Waals surface area contributed by atoms with Gasteiger partial charge in [-0.15, -0.1) is 0 Å². The number of allylic oxidation sites excluding steroid dienone is 9. The molecule has 0 aliphatic heterocycles. The predicted octanol–water partition coefficient (Wildman–Crippen LogP) is 7.53. The van der Waals surface area contributed by atoms with Crippen LogP contribution >= 0.6 is 0 Å². The van der Waals surface area contributed by atoms with E-state index < -0.39 is 0 Å². The van der Waals surface area contributed by atoms with Gasteiger partial charge in [0, 0.05) is 6.08 Å². The zero-order valence-corrected chi connectivity index (χ0v) is 19.4. The average molecular weight is 405 g/mol.